The Bertz CT molecular complexity index is 867. The van der Waals surface area contributed by atoms with E-state index in [0.717, 1.165) is 0 Å². The van der Waals surface area contributed by atoms with Crippen LogP contribution in [0.5, 0.6) is 0 Å². The number of nitro benzene ring substituents is 1. The van der Waals surface area contributed by atoms with Gasteiger partial charge in [-0.2, -0.15) is 0 Å². The number of rotatable bonds is 8. The number of esters is 1. The molecule has 7 nitrogen and oxygen atoms in total. The molecule has 8 heteroatoms. The van der Waals surface area contributed by atoms with Gasteiger partial charge in [-0.25, -0.2) is 9.18 Å². The quantitative estimate of drug-likeness (QED) is 0.383. The molecule has 0 heterocycles. The average Bonchev–Trinajstić information content (AvgIpc) is 2.67. The summed E-state index contributed by atoms with van der Waals surface area (Å²) in [6.45, 7) is 3.62. The number of nitrogens with zero attached hydrogens (tertiary/aromatic N) is 2. The first-order valence-corrected chi connectivity index (χ1v) is 8.87. The van der Waals surface area contributed by atoms with Crippen molar-refractivity contribution in [2.45, 2.75) is 33.2 Å². The van der Waals surface area contributed by atoms with Crippen LogP contribution in [-0.4, -0.2) is 23.4 Å². The highest BCUT2D eigenvalue weighted by atomic mass is 19.1. The maximum atomic E-state index is 13.2. The van der Waals surface area contributed by atoms with E-state index in [1.54, 1.807) is 6.92 Å². The van der Waals surface area contributed by atoms with E-state index in [9.17, 15) is 24.1 Å². The second-order valence-corrected chi connectivity index (χ2v) is 6.04. The highest BCUT2D eigenvalue weighted by Gasteiger charge is 2.26. The van der Waals surface area contributed by atoms with Crippen molar-refractivity contribution in [3.63, 3.8) is 0 Å². The summed E-state index contributed by atoms with van der Waals surface area (Å²) >= 11 is 0. The van der Waals surface area contributed by atoms with Crippen LogP contribution in [0.2, 0.25) is 0 Å². The van der Waals surface area contributed by atoms with Crippen LogP contribution in [0.25, 0.3) is 0 Å². The van der Waals surface area contributed by atoms with Gasteiger partial charge in [0, 0.05) is 12.5 Å². The minimum atomic E-state index is -0.636. The minimum Gasteiger partial charge on any atom is -0.462 e. The Morgan fingerprint density at radius 2 is 1.82 bits per heavy atom. The zero-order valence-electron chi connectivity index (χ0n) is 15.7. The molecule has 0 aliphatic carbocycles. The Hall–Kier alpha value is -3.29. The standard InChI is InChI=1S/C20H21FN2O5/c1-3-5-19(24)22(13-14-6-9-16(21)10-7-14)18-12-15(20(25)28-4-2)8-11-17(18)23(26)27/h6-12H,3-5,13H2,1-2H3. The molecule has 0 radical (unpaired) electrons. The molecule has 2 rings (SSSR count). The monoisotopic (exact) mass is 388 g/mol. The topological polar surface area (TPSA) is 89.8 Å². The summed E-state index contributed by atoms with van der Waals surface area (Å²) in [7, 11) is 0. The molecule has 0 atom stereocenters. The molecule has 0 spiro atoms. The first-order valence-electron chi connectivity index (χ1n) is 8.87. The fraction of sp³-hybridized carbons (Fsp3) is 0.300. The molecule has 0 fully saturated rings. The fourth-order valence-corrected chi connectivity index (χ4v) is 2.66. The Morgan fingerprint density at radius 1 is 1.14 bits per heavy atom. The van der Waals surface area contributed by atoms with Crippen molar-refractivity contribution >= 4 is 23.3 Å². The number of halogens is 1. The van der Waals surface area contributed by atoms with Crippen molar-refractivity contribution in [1.29, 1.82) is 0 Å². The molecule has 1 amide bonds. The number of carbonyl (C=O) groups excluding carboxylic acids is 2. The van der Waals surface area contributed by atoms with E-state index < -0.39 is 16.7 Å². The van der Waals surface area contributed by atoms with Crippen LogP contribution in [0, 0.1) is 15.9 Å². The third-order valence-corrected chi connectivity index (χ3v) is 3.99. The predicted molar refractivity (Wildman–Crippen MR) is 102 cm³/mol. The van der Waals surface area contributed by atoms with Gasteiger partial charge in [0.05, 0.1) is 23.6 Å². The van der Waals surface area contributed by atoms with Crippen LogP contribution in [0.1, 0.15) is 42.6 Å². The number of carbonyl (C=O) groups is 2. The molecule has 2 aromatic rings. The molecule has 0 aromatic heterocycles. The van der Waals surface area contributed by atoms with Crippen molar-refractivity contribution in [3.05, 3.63) is 69.5 Å². The zero-order valence-corrected chi connectivity index (χ0v) is 15.7. The molecule has 2 aromatic carbocycles. The molecular formula is C20H21FN2O5. The van der Waals surface area contributed by atoms with Gasteiger partial charge in [-0.1, -0.05) is 19.1 Å². The predicted octanol–water partition coefficient (Wildman–Crippen LogP) is 4.24. The van der Waals surface area contributed by atoms with Crippen LogP contribution >= 0.6 is 0 Å². The van der Waals surface area contributed by atoms with Gasteiger partial charge in [-0.15, -0.1) is 0 Å². The lowest BCUT2D eigenvalue weighted by Crippen LogP contribution is -2.31. The Kier molecular flexibility index (Phi) is 7.20. The maximum absolute atomic E-state index is 13.2. The Morgan fingerprint density at radius 3 is 2.39 bits per heavy atom. The summed E-state index contributed by atoms with van der Waals surface area (Å²) in [6, 6.07) is 9.26. The van der Waals surface area contributed by atoms with Gasteiger partial charge in [-0.3, -0.25) is 14.9 Å². The molecule has 28 heavy (non-hydrogen) atoms. The fourth-order valence-electron chi connectivity index (χ4n) is 2.66. The van der Waals surface area contributed by atoms with Crippen molar-refractivity contribution in [2.75, 3.05) is 11.5 Å². The lowest BCUT2D eigenvalue weighted by molar-refractivity contribution is -0.384. The molecular weight excluding hydrogens is 367 g/mol. The van der Waals surface area contributed by atoms with Gasteiger partial charge < -0.3 is 9.64 Å². The van der Waals surface area contributed by atoms with Crippen molar-refractivity contribution < 1.29 is 23.6 Å². The van der Waals surface area contributed by atoms with Crippen molar-refractivity contribution in [1.82, 2.24) is 0 Å². The highest BCUT2D eigenvalue weighted by Crippen LogP contribution is 2.31. The molecule has 0 saturated carbocycles. The second-order valence-electron chi connectivity index (χ2n) is 6.04. The average molecular weight is 388 g/mol. The summed E-state index contributed by atoms with van der Waals surface area (Å²) < 4.78 is 18.1. The third-order valence-electron chi connectivity index (χ3n) is 3.99. The number of benzene rings is 2. The molecule has 0 aliphatic heterocycles. The number of hydrogen-bond acceptors (Lipinski definition) is 5. The molecule has 148 valence electrons. The van der Waals surface area contributed by atoms with Gasteiger partial charge in [0.2, 0.25) is 5.91 Å². The lowest BCUT2D eigenvalue weighted by Gasteiger charge is -2.23. The normalized spacial score (nSPS) is 10.4. The van der Waals surface area contributed by atoms with Gasteiger partial charge >= 0.3 is 5.97 Å². The Labute approximate surface area is 161 Å². The molecule has 0 unspecified atom stereocenters. The van der Waals surface area contributed by atoms with Gasteiger partial charge in [0.1, 0.15) is 11.5 Å². The third kappa shape index (κ3) is 5.12. The maximum Gasteiger partial charge on any atom is 0.338 e. The molecule has 0 aliphatic rings. The van der Waals surface area contributed by atoms with Crippen LogP contribution in [0.15, 0.2) is 42.5 Å². The summed E-state index contributed by atoms with van der Waals surface area (Å²) in [5.41, 5.74) is 0.399. The minimum absolute atomic E-state index is 0.00155. The van der Waals surface area contributed by atoms with E-state index in [0.29, 0.717) is 12.0 Å². The van der Waals surface area contributed by atoms with E-state index in [4.69, 9.17) is 4.74 Å². The Balaban J connectivity index is 2.53. The van der Waals surface area contributed by atoms with Crippen LogP contribution in [0.3, 0.4) is 0 Å². The van der Waals surface area contributed by atoms with Crippen LogP contribution < -0.4 is 4.90 Å². The van der Waals surface area contributed by atoms with E-state index in [1.165, 1.54) is 47.4 Å². The van der Waals surface area contributed by atoms with Gasteiger partial charge in [0.15, 0.2) is 0 Å². The zero-order chi connectivity index (χ0) is 20.7. The number of anilines is 1. The van der Waals surface area contributed by atoms with Gasteiger partial charge in [0.25, 0.3) is 5.69 Å². The lowest BCUT2D eigenvalue weighted by atomic mass is 10.1. The first kappa shape index (κ1) is 21.0. The number of amides is 1. The summed E-state index contributed by atoms with van der Waals surface area (Å²) in [4.78, 5) is 36.9. The largest absolute Gasteiger partial charge is 0.462 e. The van der Waals surface area contributed by atoms with E-state index in [1.807, 2.05) is 6.92 Å². The SMILES string of the molecule is CCCC(=O)N(Cc1ccc(F)cc1)c1cc(C(=O)OCC)ccc1[N+](=O)[O-]. The summed E-state index contributed by atoms with van der Waals surface area (Å²) in [5.74, 6) is -1.40. The van der Waals surface area contributed by atoms with Crippen molar-refractivity contribution in [3.8, 4) is 0 Å². The second kappa shape index (κ2) is 9.59. The number of ether oxygens (including phenoxy) is 1. The first-order chi connectivity index (χ1) is 13.4. The van der Waals surface area contributed by atoms with E-state index in [2.05, 4.69) is 0 Å². The smallest absolute Gasteiger partial charge is 0.338 e. The van der Waals surface area contributed by atoms with E-state index in [-0.39, 0.29) is 42.4 Å². The molecule has 0 bridgehead atoms. The highest BCUT2D eigenvalue weighted by molar-refractivity contribution is 5.98. The van der Waals surface area contributed by atoms with Crippen molar-refractivity contribution in [2.24, 2.45) is 0 Å². The van der Waals surface area contributed by atoms with Crippen LogP contribution in [0.4, 0.5) is 15.8 Å². The molecule has 0 saturated heterocycles. The summed E-state index contributed by atoms with van der Waals surface area (Å²) in [5, 5.41) is 11.5. The number of hydrogen-bond donors (Lipinski definition) is 0. The van der Waals surface area contributed by atoms with Crippen LogP contribution in [-0.2, 0) is 16.1 Å². The summed E-state index contributed by atoms with van der Waals surface area (Å²) in [6.07, 6.45) is 0.714. The molecule has 0 N–H and O–H groups in total. The van der Waals surface area contributed by atoms with E-state index >= 15 is 0 Å². The van der Waals surface area contributed by atoms with Gasteiger partial charge in [-0.05, 0) is 43.2 Å². The number of nitro groups is 1.